The van der Waals surface area contributed by atoms with Gasteiger partial charge in [0, 0.05) is 50.7 Å². The van der Waals surface area contributed by atoms with E-state index in [-0.39, 0.29) is 17.6 Å². The highest BCUT2D eigenvalue weighted by Gasteiger charge is 2.32. The molecule has 0 spiro atoms. The zero-order chi connectivity index (χ0) is 23.8. The first-order chi connectivity index (χ1) is 15.7. The summed E-state index contributed by atoms with van der Waals surface area (Å²) in [4.78, 5) is 16.0. The van der Waals surface area contributed by atoms with Gasteiger partial charge in [-0.05, 0) is 69.2 Å². The number of amides is 1. The van der Waals surface area contributed by atoms with Crippen molar-refractivity contribution >= 4 is 11.6 Å². The Bertz CT molecular complexity index is 823. The first-order valence-corrected chi connectivity index (χ1v) is 11.8. The number of alkyl halides is 3. The Balaban J connectivity index is 1.36. The minimum absolute atomic E-state index is 0.0345. The predicted molar refractivity (Wildman–Crippen MR) is 118 cm³/mol. The van der Waals surface area contributed by atoms with E-state index in [1.807, 2.05) is 4.90 Å². The van der Waals surface area contributed by atoms with Gasteiger partial charge >= 0.3 is 6.18 Å². The van der Waals surface area contributed by atoms with Gasteiger partial charge in [-0.3, -0.25) is 9.69 Å². The molecule has 1 saturated heterocycles. The SMILES string of the molecule is N#CCCCC(=O)NC1CCC(CCN2CCN(c3cc(F)cc(C(F)(F)F)c3)CC2)CC1. The molecule has 1 amide bonds. The standard InChI is InChI=1S/C24H32F4N4O/c25-20-15-19(24(26,27)28)16-22(17-20)32-13-11-31(12-14-32)10-8-18-4-6-21(7-5-18)30-23(33)3-1-2-9-29/h15-18,21H,1-8,10-14H2,(H,30,33). The highest BCUT2D eigenvalue weighted by molar-refractivity contribution is 5.76. The van der Waals surface area contributed by atoms with Crippen molar-refractivity contribution in [3.05, 3.63) is 29.6 Å². The smallest absolute Gasteiger partial charge is 0.369 e. The molecule has 33 heavy (non-hydrogen) atoms. The van der Waals surface area contributed by atoms with E-state index in [0.29, 0.717) is 44.3 Å². The van der Waals surface area contributed by atoms with Gasteiger partial charge in [-0.1, -0.05) is 0 Å². The van der Waals surface area contributed by atoms with Gasteiger partial charge < -0.3 is 10.2 Å². The van der Waals surface area contributed by atoms with Gasteiger partial charge in [0.2, 0.25) is 5.91 Å². The second kappa shape index (κ2) is 11.7. The number of halogens is 4. The van der Waals surface area contributed by atoms with Gasteiger partial charge in [0.15, 0.2) is 0 Å². The van der Waals surface area contributed by atoms with Crippen molar-refractivity contribution in [2.75, 3.05) is 37.6 Å². The van der Waals surface area contributed by atoms with Gasteiger partial charge in [0.1, 0.15) is 5.82 Å². The summed E-state index contributed by atoms with van der Waals surface area (Å²) >= 11 is 0. The fourth-order valence-electron chi connectivity index (χ4n) is 4.74. The Morgan fingerprint density at radius 1 is 1.09 bits per heavy atom. The number of anilines is 1. The molecule has 9 heteroatoms. The van der Waals surface area contributed by atoms with Crippen LogP contribution < -0.4 is 10.2 Å². The van der Waals surface area contributed by atoms with E-state index >= 15 is 0 Å². The molecule has 1 aromatic rings. The summed E-state index contributed by atoms with van der Waals surface area (Å²) in [6, 6.07) is 5.02. The summed E-state index contributed by atoms with van der Waals surface area (Å²) in [7, 11) is 0. The molecule has 5 nitrogen and oxygen atoms in total. The maximum absolute atomic E-state index is 13.7. The zero-order valence-electron chi connectivity index (χ0n) is 18.8. The third-order valence-corrected chi connectivity index (χ3v) is 6.71. The van der Waals surface area contributed by atoms with Crippen LogP contribution in [0.1, 0.15) is 56.9 Å². The van der Waals surface area contributed by atoms with E-state index in [0.717, 1.165) is 57.8 Å². The molecule has 0 bridgehead atoms. The molecule has 0 radical (unpaired) electrons. The Labute approximate surface area is 192 Å². The lowest BCUT2D eigenvalue weighted by molar-refractivity contribution is -0.137. The van der Waals surface area contributed by atoms with Crippen LogP contribution in [0.4, 0.5) is 23.2 Å². The Kier molecular flexibility index (Phi) is 8.95. The van der Waals surface area contributed by atoms with E-state index in [2.05, 4.69) is 16.3 Å². The van der Waals surface area contributed by atoms with Crippen molar-refractivity contribution in [1.29, 1.82) is 5.26 Å². The molecule has 0 atom stereocenters. The van der Waals surface area contributed by atoms with Crippen LogP contribution in [0.2, 0.25) is 0 Å². The van der Waals surface area contributed by atoms with Gasteiger partial charge in [0.05, 0.1) is 11.6 Å². The van der Waals surface area contributed by atoms with Crippen molar-refractivity contribution in [3.8, 4) is 6.07 Å². The number of piperazine rings is 1. The van der Waals surface area contributed by atoms with Crippen molar-refractivity contribution in [3.63, 3.8) is 0 Å². The number of nitrogens with zero attached hydrogens (tertiary/aromatic N) is 3. The minimum atomic E-state index is -4.56. The lowest BCUT2D eigenvalue weighted by Crippen LogP contribution is -2.47. The second-order valence-corrected chi connectivity index (χ2v) is 9.11. The number of unbranched alkanes of at least 4 members (excludes halogenated alkanes) is 1. The molecule has 2 aliphatic rings. The van der Waals surface area contributed by atoms with Crippen molar-refractivity contribution in [2.24, 2.45) is 5.92 Å². The summed E-state index contributed by atoms with van der Waals surface area (Å²) in [5.41, 5.74) is -0.663. The molecule has 1 heterocycles. The van der Waals surface area contributed by atoms with Gasteiger partial charge in [0.25, 0.3) is 0 Å². The van der Waals surface area contributed by atoms with E-state index in [4.69, 9.17) is 5.26 Å². The summed E-state index contributed by atoms with van der Waals surface area (Å²) in [5.74, 6) is -0.212. The van der Waals surface area contributed by atoms with Crippen LogP contribution in [-0.2, 0) is 11.0 Å². The quantitative estimate of drug-likeness (QED) is 0.443. The number of hydrogen-bond acceptors (Lipinski definition) is 4. The third kappa shape index (κ3) is 7.88. The predicted octanol–water partition coefficient (Wildman–Crippen LogP) is 4.73. The molecule has 0 unspecified atom stereocenters. The lowest BCUT2D eigenvalue weighted by atomic mass is 9.84. The highest BCUT2D eigenvalue weighted by atomic mass is 19.4. The Morgan fingerprint density at radius 2 is 1.79 bits per heavy atom. The number of carbonyl (C=O) groups is 1. The van der Waals surface area contributed by atoms with Crippen LogP contribution >= 0.6 is 0 Å². The van der Waals surface area contributed by atoms with Crippen LogP contribution in [0, 0.1) is 23.1 Å². The number of rotatable bonds is 8. The Hall–Kier alpha value is -2.34. The molecule has 1 aromatic carbocycles. The molecule has 1 N–H and O–H groups in total. The summed E-state index contributed by atoms with van der Waals surface area (Å²) in [6.07, 6.45) is 2.04. The maximum Gasteiger partial charge on any atom is 0.416 e. The number of nitrogens with one attached hydrogen (secondary N) is 1. The number of benzene rings is 1. The van der Waals surface area contributed by atoms with Gasteiger partial charge in [-0.2, -0.15) is 18.4 Å². The molecule has 1 saturated carbocycles. The van der Waals surface area contributed by atoms with Crippen molar-refractivity contribution in [2.45, 2.75) is 63.6 Å². The van der Waals surface area contributed by atoms with Crippen molar-refractivity contribution in [1.82, 2.24) is 10.2 Å². The van der Waals surface area contributed by atoms with Gasteiger partial charge in [-0.25, -0.2) is 4.39 Å². The first kappa shape index (κ1) is 25.3. The van der Waals surface area contributed by atoms with Gasteiger partial charge in [-0.15, -0.1) is 0 Å². The average Bonchev–Trinajstić information content (AvgIpc) is 2.78. The monoisotopic (exact) mass is 468 g/mol. The number of carbonyl (C=O) groups excluding carboxylic acids is 1. The minimum Gasteiger partial charge on any atom is -0.369 e. The van der Waals surface area contributed by atoms with Crippen molar-refractivity contribution < 1.29 is 22.4 Å². The normalized spacial score (nSPS) is 22.1. The van der Waals surface area contributed by atoms with E-state index in [1.54, 1.807) is 0 Å². The molecule has 3 rings (SSSR count). The largest absolute Gasteiger partial charge is 0.416 e. The van der Waals surface area contributed by atoms with E-state index in [9.17, 15) is 22.4 Å². The molecule has 182 valence electrons. The average molecular weight is 469 g/mol. The zero-order valence-corrected chi connectivity index (χ0v) is 18.8. The van der Waals surface area contributed by atoms with Crippen LogP contribution in [-0.4, -0.2) is 49.6 Å². The number of hydrogen-bond donors (Lipinski definition) is 1. The molecular weight excluding hydrogens is 436 g/mol. The lowest BCUT2D eigenvalue weighted by Gasteiger charge is -2.37. The van der Waals surface area contributed by atoms with Crippen LogP contribution in [0.25, 0.3) is 0 Å². The molecule has 2 fully saturated rings. The number of nitriles is 1. The summed E-state index contributed by atoms with van der Waals surface area (Å²) < 4.78 is 52.6. The fourth-order valence-corrected chi connectivity index (χ4v) is 4.74. The highest BCUT2D eigenvalue weighted by Crippen LogP contribution is 2.33. The van der Waals surface area contributed by atoms with E-state index in [1.165, 1.54) is 6.07 Å². The summed E-state index contributed by atoms with van der Waals surface area (Å²) in [5, 5.41) is 11.6. The first-order valence-electron chi connectivity index (χ1n) is 11.8. The van der Waals surface area contributed by atoms with Crippen LogP contribution in [0.5, 0.6) is 0 Å². The fraction of sp³-hybridized carbons (Fsp3) is 0.667. The molecule has 0 aromatic heterocycles. The third-order valence-electron chi connectivity index (χ3n) is 6.71. The molecular formula is C24H32F4N4O. The van der Waals surface area contributed by atoms with Crippen LogP contribution in [0.3, 0.4) is 0 Å². The molecule has 1 aliphatic heterocycles. The second-order valence-electron chi connectivity index (χ2n) is 9.11. The summed E-state index contributed by atoms with van der Waals surface area (Å²) in [6.45, 7) is 3.58. The van der Waals surface area contributed by atoms with Crippen LogP contribution in [0.15, 0.2) is 18.2 Å². The molecule has 1 aliphatic carbocycles. The van der Waals surface area contributed by atoms with E-state index < -0.39 is 17.6 Å². The maximum atomic E-state index is 13.7. The topological polar surface area (TPSA) is 59.4 Å². The Morgan fingerprint density at radius 3 is 2.42 bits per heavy atom.